The number of benzene rings is 1. The largest absolute Gasteiger partial charge is 0.326 e. The Balaban J connectivity index is 2.59. The van der Waals surface area contributed by atoms with Gasteiger partial charge < -0.3 is 5.73 Å². The fraction of sp³-hybridized carbons (Fsp3) is 0.429. The molecule has 0 unspecified atom stereocenters. The second-order valence-electron chi connectivity index (χ2n) is 4.40. The van der Waals surface area contributed by atoms with Crippen molar-refractivity contribution in [3.8, 4) is 5.69 Å². The molecule has 0 spiro atoms. The Bertz CT molecular complexity index is 543. The fourth-order valence-corrected chi connectivity index (χ4v) is 2.01. The highest BCUT2D eigenvalue weighted by Gasteiger charge is 2.12. The molecule has 0 aliphatic carbocycles. The van der Waals surface area contributed by atoms with E-state index in [0.29, 0.717) is 6.54 Å². The zero-order chi connectivity index (χ0) is 13.1. The molecule has 0 saturated heterocycles. The zero-order valence-electron chi connectivity index (χ0n) is 11.3. The standard InChI is InChI=1S/C14H20N4/c1-4-13-16-14(5-2)18(17-13)12-8-10(3)6-7-11(12)9-15/h6-8H,4-5,9,15H2,1-3H3. The molecule has 0 aliphatic heterocycles. The smallest absolute Gasteiger partial charge is 0.151 e. The number of rotatable bonds is 4. The Kier molecular flexibility index (Phi) is 3.77. The number of nitrogens with zero attached hydrogens (tertiary/aromatic N) is 3. The van der Waals surface area contributed by atoms with Crippen molar-refractivity contribution in [3.63, 3.8) is 0 Å². The molecule has 2 rings (SSSR count). The van der Waals surface area contributed by atoms with Gasteiger partial charge in [-0.3, -0.25) is 0 Å². The molecule has 4 nitrogen and oxygen atoms in total. The lowest BCUT2D eigenvalue weighted by Crippen LogP contribution is -2.09. The summed E-state index contributed by atoms with van der Waals surface area (Å²) in [5.74, 6) is 1.88. The summed E-state index contributed by atoms with van der Waals surface area (Å²) in [5, 5.41) is 4.57. The van der Waals surface area contributed by atoms with Gasteiger partial charge in [0.15, 0.2) is 5.82 Å². The van der Waals surface area contributed by atoms with Crippen LogP contribution >= 0.6 is 0 Å². The molecule has 0 fully saturated rings. The second-order valence-corrected chi connectivity index (χ2v) is 4.40. The molecule has 0 bridgehead atoms. The van der Waals surface area contributed by atoms with E-state index in [2.05, 4.69) is 49.1 Å². The average molecular weight is 244 g/mol. The van der Waals surface area contributed by atoms with E-state index >= 15 is 0 Å². The Morgan fingerprint density at radius 1 is 1.22 bits per heavy atom. The van der Waals surface area contributed by atoms with Gasteiger partial charge in [-0.25, -0.2) is 9.67 Å². The van der Waals surface area contributed by atoms with Gasteiger partial charge in [-0.1, -0.05) is 26.0 Å². The van der Waals surface area contributed by atoms with Crippen LogP contribution in [-0.2, 0) is 19.4 Å². The van der Waals surface area contributed by atoms with Gasteiger partial charge in [0.05, 0.1) is 5.69 Å². The molecule has 96 valence electrons. The second kappa shape index (κ2) is 5.31. The molecule has 0 aliphatic rings. The van der Waals surface area contributed by atoms with Crippen LogP contribution in [0.15, 0.2) is 18.2 Å². The van der Waals surface area contributed by atoms with Crippen molar-refractivity contribution < 1.29 is 0 Å². The third-order valence-corrected chi connectivity index (χ3v) is 3.04. The van der Waals surface area contributed by atoms with E-state index in [-0.39, 0.29) is 0 Å². The molecule has 0 atom stereocenters. The summed E-state index contributed by atoms with van der Waals surface area (Å²) >= 11 is 0. The van der Waals surface area contributed by atoms with E-state index < -0.39 is 0 Å². The first-order valence-corrected chi connectivity index (χ1v) is 6.44. The summed E-state index contributed by atoms with van der Waals surface area (Å²) in [5.41, 5.74) is 9.17. The number of nitrogens with two attached hydrogens (primary N) is 1. The topological polar surface area (TPSA) is 56.7 Å². The summed E-state index contributed by atoms with van der Waals surface area (Å²) in [4.78, 5) is 4.54. The van der Waals surface area contributed by atoms with Crippen molar-refractivity contribution in [2.75, 3.05) is 0 Å². The van der Waals surface area contributed by atoms with Crippen LogP contribution < -0.4 is 5.73 Å². The maximum Gasteiger partial charge on any atom is 0.151 e. The maximum absolute atomic E-state index is 5.81. The van der Waals surface area contributed by atoms with Crippen molar-refractivity contribution >= 4 is 0 Å². The maximum atomic E-state index is 5.81. The van der Waals surface area contributed by atoms with Crippen LogP contribution in [0.3, 0.4) is 0 Å². The predicted molar refractivity (Wildman–Crippen MR) is 72.7 cm³/mol. The molecule has 0 amide bonds. The summed E-state index contributed by atoms with van der Waals surface area (Å²) in [6.45, 7) is 6.75. The molecule has 0 radical (unpaired) electrons. The van der Waals surface area contributed by atoms with Gasteiger partial charge in [-0.15, -0.1) is 0 Å². The quantitative estimate of drug-likeness (QED) is 0.896. The fourth-order valence-electron chi connectivity index (χ4n) is 2.01. The molecule has 1 aromatic carbocycles. The summed E-state index contributed by atoms with van der Waals surface area (Å²) < 4.78 is 1.94. The van der Waals surface area contributed by atoms with Crippen LogP contribution in [0.1, 0.15) is 36.6 Å². The number of hydrogen-bond donors (Lipinski definition) is 1. The van der Waals surface area contributed by atoms with Crippen LogP contribution in [0, 0.1) is 6.92 Å². The van der Waals surface area contributed by atoms with Crippen molar-refractivity contribution in [1.82, 2.24) is 14.8 Å². The highest BCUT2D eigenvalue weighted by molar-refractivity contribution is 5.43. The molecule has 0 saturated carbocycles. The Labute approximate surface area is 108 Å². The van der Waals surface area contributed by atoms with Crippen molar-refractivity contribution in [2.24, 2.45) is 5.73 Å². The van der Waals surface area contributed by atoms with E-state index in [1.807, 2.05) is 4.68 Å². The highest BCUT2D eigenvalue weighted by Crippen LogP contribution is 2.18. The first kappa shape index (κ1) is 12.8. The first-order valence-electron chi connectivity index (χ1n) is 6.44. The van der Waals surface area contributed by atoms with Gasteiger partial charge in [0, 0.05) is 19.4 Å². The average Bonchev–Trinajstić information content (AvgIpc) is 2.81. The predicted octanol–water partition coefficient (Wildman–Crippen LogP) is 2.16. The van der Waals surface area contributed by atoms with Crippen LogP contribution in [0.25, 0.3) is 5.69 Å². The zero-order valence-corrected chi connectivity index (χ0v) is 11.3. The van der Waals surface area contributed by atoms with Crippen LogP contribution in [0.5, 0.6) is 0 Å². The Morgan fingerprint density at radius 3 is 2.61 bits per heavy atom. The van der Waals surface area contributed by atoms with E-state index in [9.17, 15) is 0 Å². The summed E-state index contributed by atoms with van der Waals surface area (Å²) in [6, 6.07) is 6.27. The van der Waals surface area contributed by atoms with Crippen LogP contribution in [0.2, 0.25) is 0 Å². The van der Waals surface area contributed by atoms with Gasteiger partial charge >= 0.3 is 0 Å². The first-order chi connectivity index (χ1) is 8.69. The van der Waals surface area contributed by atoms with Gasteiger partial charge in [0.2, 0.25) is 0 Å². The molecule has 1 aromatic heterocycles. The van der Waals surface area contributed by atoms with Gasteiger partial charge in [0.25, 0.3) is 0 Å². The van der Waals surface area contributed by atoms with Gasteiger partial charge in [0.1, 0.15) is 5.82 Å². The SMILES string of the molecule is CCc1nc(CC)n(-c2cc(C)ccc2CN)n1. The molecule has 2 aromatic rings. The number of aromatic nitrogens is 3. The lowest BCUT2D eigenvalue weighted by molar-refractivity contribution is 0.779. The summed E-state index contributed by atoms with van der Waals surface area (Å²) in [7, 11) is 0. The van der Waals surface area contributed by atoms with Gasteiger partial charge in [-0.05, 0) is 24.1 Å². The minimum Gasteiger partial charge on any atom is -0.326 e. The van der Waals surface area contributed by atoms with E-state index in [4.69, 9.17) is 5.73 Å². The molecule has 18 heavy (non-hydrogen) atoms. The number of hydrogen-bond acceptors (Lipinski definition) is 3. The Morgan fingerprint density at radius 2 is 2.00 bits per heavy atom. The third-order valence-electron chi connectivity index (χ3n) is 3.04. The van der Waals surface area contributed by atoms with Crippen molar-refractivity contribution in [1.29, 1.82) is 0 Å². The molecule has 1 heterocycles. The van der Waals surface area contributed by atoms with Crippen LogP contribution in [0.4, 0.5) is 0 Å². The van der Waals surface area contributed by atoms with Crippen molar-refractivity contribution in [3.05, 3.63) is 41.0 Å². The molecule has 4 heteroatoms. The van der Waals surface area contributed by atoms with Crippen molar-refractivity contribution in [2.45, 2.75) is 40.2 Å². The minimum atomic E-state index is 0.514. The normalized spacial score (nSPS) is 10.9. The minimum absolute atomic E-state index is 0.514. The van der Waals surface area contributed by atoms with E-state index in [1.54, 1.807) is 0 Å². The monoisotopic (exact) mass is 244 g/mol. The molecule has 2 N–H and O–H groups in total. The Hall–Kier alpha value is -1.68. The van der Waals surface area contributed by atoms with E-state index in [0.717, 1.165) is 35.7 Å². The molecular formula is C14H20N4. The highest BCUT2D eigenvalue weighted by atomic mass is 15.4. The summed E-state index contributed by atoms with van der Waals surface area (Å²) in [6.07, 6.45) is 1.72. The lowest BCUT2D eigenvalue weighted by Gasteiger charge is -2.10. The number of aryl methyl sites for hydroxylation is 3. The third kappa shape index (κ3) is 2.29. The van der Waals surface area contributed by atoms with Crippen LogP contribution in [-0.4, -0.2) is 14.8 Å². The van der Waals surface area contributed by atoms with E-state index in [1.165, 1.54) is 5.56 Å². The lowest BCUT2D eigenvalue weighted by atomic mass is 10.1. The molecular weight excluding hydrogens is 224 g/mol. The van der Waals surface area contributed by atoms with Gasteiger partial charge in [-0.2, -0.15) is 5.10 Å².